The lowest BCUT2D eigenvalue weighted by Crippen LogP contribution is -1.98. The average Bonchev–Trinajstić information content (AvgIpc) is 2.26. The largest absolute Gasteiger partial charge is 0.397 e. The van der Waals surface area contributed by atoms with E-state index in [-0.39, 0.29) is 11.3 Å². The first kappa shape index (κ1) is 11.3. The molecule has 5 heteroatoms. The van der Waals surface area contributed by atoms with Gasteiger partial charge in [-0.1, -0.05) is 0 Å². The van der Waals surface area contributed by atoms with Gasteiger partial charge in [0, 0.05) is 12.3 Å². The number of nitrogens with one attached hydrogen (secondary N) is 1. The molecule has 0 bridgehead atoms. The van der Waals surface area contributed by atoms with Gasteiger partial charge in [0.15, 0.2) is 0 Å². The second kappa shape index (κ2) is 4.37. The summed E-state index contributed by atoms with van der Waals surface area (Å²) in [5.74, 6) is -0.989. The number of hydrogen-bond acceptors (Lipinski definition) is 3. The zero-order valence-electron chi connectivity index (χ0n) is 9.17. The highest BCUT2D eigenvalue weighted by molar-refractivity contribution is 5.62. The van der Waals surface area contributed by atoms with Crippen molar-refractivity contribution in [3.8, 4) is 0 Å². The molecule has 0 aliphatic carbocycles. The van der Waals surface area contributed by atoms with Crippen LogP contribution in [0, 0.1) is 18.6 Å². The van der Waals surface area contributed by atoms with Crippen LogP contribution in [0.25, 0.3) is 0 Å². The number of benzene rings is 1. The summed E-state index contributed by atoms with van der Waals surface area (Å²) < 4.78 is 26.8. The lowest BCUT2D eigenvalue weighted by molar-refractivity contribution is 0.595. The van der Waals surface area contributed by atoms with Gasteiger partial charge in [-0.2, -0.15) is 0 Å². The summed E-state index contributed by atoms with van der Waals surface area (Å²) >= 11 is 0. The molecular weight excluding hydrogens is 224 g/mol. The summed E-state index contributed by atoms with van der Waals surface area (Å²) in [5, 5.41) is 2.72. The van der Waals surface area contributed by atoms with Gasteiger partial charge in [-0.25, -0.2) is 8.78 Å². The van der Waals surface area contributed by atoms with Gasteiger partial charge in [-0.15, -0.1) is 0 Å². The van der Waals surface area contributed by atoms with Crippen LogP contribution in [0.4, 0.5) is 25.8 Å². The summed E-state index contributed by atoms with van der Waals surface area (Å²) in [4.78, 5) is 3.85. The van der Waals surface area contributed by atoms with Gasteiger partial charge in [0.25, 0.3) is 0 Å². The van der Waals surface area contributed by atoms with Crippen molar-refractivity contribution in [2.24, 2.45) is 0 Å². The Hall–Kier alpha value is -2.17. The monoisotopic (exact) mass is 235 g/mol. The van der Waals surface area contributed by atoms with E-state index in [1.54, 1.807) is 6.07 Å². The Morgan fingerprint density at radius 3 is 2.59 bits per heavy atom. The highest BCUT2D eigenvalue weighted by Gasteiger charge is 2.07. The molecule has 88 valence electrons. The van der Waals surface area contributed by atoms with Crippen molar-refractivity contribution < 1.29 is 8.78 Å². The van der Waals surface area contributed by atoms with Gasteiger partial charge in [0.2, 0.25) is 0 Å². The first-order valence-corrected chi connectivity index (χ1v) is 4.99. The van der Waals surface area contributed by atoms with E-state index in [1.165, 1.54) is 19.3 Å². The molecule has 1 heterocycles. The fraction of sp³-hybridized carbons (Fsp3) is 0.0833. The van der Waals surface area contributed by atoms with Crippen molar-refractivity contribution in [2.45, 2.75) is 6.92 Å². The zero-order valence-corrected chi connectivity index (χ0v) is 9.17. The van der Waals surface area contributed by atoms with Crippen LogP contribution in [0.2, 0.25) is 0 Å². The van der Waals surface area contributed by atoms with Crippen molar-refractivity contribution in [1.82, 2.24) is 4.98 Å². The number of aryl methyl sites for hydroxylation is 1. The predicted octanol–water partition coefficient (Wildman–Crippen LogP) is 2.99. The molecule has 2 aromatic rings. The van der Waals surface area contributed by atoms with Crippen LogP contribution in [0.3, 0.4) is 0 Å². The lowest BCUT2D eigenvalue weighted by Gasteiger charge is -2.09. The molecule has 1 aromatic heterocycles. The number of nitrogens with two attached hydrogens (primary N) is 1. The quantitative estimate of drug-likeness (QED) is 0.841. The van der Waals surface area contributed by atoms with Crippen LogP contribution < -0.4 is 11.1 Å². The maximum Gasteiger partial charge on any atom is 0.147 e. The van der Waals surface area contributed by atoms with Crippen molar-refractivity contribution in [3.63, 3.8) is 0 Å². The number of rotatable bonds is 2. The average molecular weight is 235 g/mol. The number of hydrogen-bond donors (Lipinski definition) is 2. The van der Waals surface area contributed by atoms with Crippen molar-refractivity contribution >= 4 is 17.1 Å². The fourth-order valence-corrected chi connectivity index (χ4v) is 1.42. The van der Waals surface area contributed by atoms with Crippen LogP contribution >= 0.6 is 0 Å². The maximum atomic E-state index is 13.5. The molecule has 0 spiro atoms. The van der Waals surface area contributed by atoms with Crippen molar-refractivity contribution in [3.05, 3.63) is 47.8 Å². The molecule has 3 nitrogen and oxygen atoms in total. The topological polar surface area (TPSA) is 50.9 Å². The molecule has 0 aliphatic rings. The third-order valence-electron chi connectivity index (χ3n) is 2.29. The third kappa shape index (κ3) is 2.50. The molecule has 1 aromatic carbocycles. The second-order valence-corrected chi connectivity index (χ2v) is 3.71. The van der Waals surface area contributed by atoms with Crippen LogP contribution in [0.5, 0.6) is 0 Å². The molecule has 0 atom stereocenters. The molecule has 0 saturated carbocycles. The minimum absolute atomic E-state index is 0.0560. The number of pyridine rings is 1. The van der Waals surface area contributed by atoms with E-state index >= 15 is 0 Å². The van der Waals surface area contributed by atoms with Crippen LogP contribution in [-0.2, 0) is 0 Å². The Bertz CT molecular complexity index is 555. The highest BCUT2D eigenvalue weighted by Crippen LogP contribution is 2.23. The Kier molecular flexibility index (Phi) is 2.91. The van der Waals surface area contributed by atoms with Gasteiger partial charge >= 0.3 is 0 Å². The van der Waals surface area contributed by atoms with E-state index in [4.69, 9.17) is 5.73 Å². The van der Waals surface area contributed by atoms with Crippen molar-refractivity contribution in [1.29, 1.82) is 0 Å². The van der Waals surface area contributed by atoms with E-state index in [2.05, 4.69) is 10.3 Å². The van der Waals surface area contributed by atoms with Gasteiger partial charge in [-0.05, 0) is 24.6 Å². The lowest BCUT2D eigenvalue weighted by atomic mass is 10.2. The Morgan fingerprint density at radius 2 is 1.88 bits per heavy atom. The van der Waals surface area contributed by atoms with E-state index in [9.17, 15) is 8.78 Å². The number of aromatic nitrogens is 1. The first-order chi connectivity index (χ1) is 8.06. The Labute approximate surface area is 97.3 Å². The second-order valence-electron chi connectivity index (χ2n) is 3.71. The summed E-state index contributed by atoms with van der Waals surface area (Å²) in [5.41, 5.74) is 6.81. The number of nitrogens with zero attached hydrogens (tertiary/aromatic N) is 1. The smallest absolute Gasteiger partial charge is 0.147 e. The van der Waals surface area contributed by atoms with Crippen LogP contribution in [-0.4, -0.2) is 4.98 Å². The van der Waals surface area contributed by atoms with Gasteiger partial charge in [0.05, 0.1) is 23.3 Å². The summed E-state index contributed by atoms with van der Waals surface area (Å²) in [6, 6.07) is 3.83. The number of nitrogen functional groups attached to an aromatic ring is 1. The molecule has 0 saturated heterocycles. The maximum absolute atomic E-state index is 13.5. The normalized spacial score (nSPS) is 10.3. The molecule has 3 N–H and O–H groups in total. The summed E-state index contributed by atoms with van der Waals surface area (Å²) in [6.07, 6.45) is 2.95. The fourth-order valence-electron chi connectivity index (χ4n) is 1.42. The minimum atomic E-state index is -0.522. The standard InChI is InChI=1S/C12H11F2N3/c1-7-2-11(14)12(4-10(7)13)17-9-3-8(15)5-16-6-9/h2-6,17H,15H2,1H3. The van der Waals surface area contributed by atoms with Gasteiger partial charge in [0.1, 0.15) is 11.6 Å². The van der Waals surface area contributed by atoms with E-state index < -0.39 is 11.6 Å². The third-order valence-corrected chi connectivity index (χ3v) is 2.29. The van der Waals surface area contributed by atoms with Gasteiger partial charge < -0.3 is 11.1 Å². The van der Waals surface area contributed by atoms with Crippen molar-refractivity contribution in [2.75, 3.05) is 11.1 Å². The summed E-state index contributed by atoms with van der Waals surface area (Å²) in [6.45, 7) is 1.50. The Balaban J connectivity index is 2.33. The number of anilines is 3. The van der Waals surface area contributed by atoms with Gasteiger partial charge in [-0.3, -0.25) is 4.98 Å². The highest BCUT2D eigenvalue weighted by atomic mass is 19.1. The molecular formula is C12H11F2N3. The van der Waals surface area contributed by atoms with E-state index in [0.29, 0.717) is 11.4 Å². The first-order valence-electron chi connectivity index (χ1n) is 4.99. The Morgan fingerprint density at radius 1 is 1.12 bits per heavy atom. The molecule has 0 amide bonds. The van der Waals surface area contributed by atoms with Crippen LogP contribution in [0.1, 0.15) is 5.56 Å². The molecule has 0 radical (unpaired) electrons. The number of halogens is 2. The summed E-state index contributed by atoms with van der Waals surface area (Å²) in [7, 11) is 0. The molecule has 0 fully saturated rings. The zero-order chi connectivity index (χ0) is 12.4. The molecule has 0 unspecified atom stereocenters. The predicted molar refractivity (Wildman–Crippen MR) is 63.0 cm³/mol. The molecule has 0 aliphatic heterocycles. The minimum Gasteiger partial charge on any atom is -0.397 e. The van der Waals surface area contributed by atoms with E-state index in [1.807, 2.05) is 0 Å². The molecule has 17 heavy (non-hydrogen) atoms. The molecule has 2 rings (SSSR count). The SMILES string of the molecule is Cc1cc(F)c(Nc2cncc(N)c2)cc1F. The van der Waals surface area contributed by atoms with Crippen LogP contribution in [0.15, 0.2) is 30.6 Å². The van der Waals surface area contributed by atoms with E-state index in [0.717, 1.165) is 12.1 Å².